The van der Waals surface area contributed by atoms with Crippen molar-refractivity contribution in [2.45, 2.75) is 13.0 Å². The summed E-state index contributed by atoms with van der Waals surface area (Å²) in [4.78, 5) is 15.1. The SMILES string of the molecule is CC1NC(=O)Nc2nccc(Cl)c21. The van der Waals surface area contributed by atoms with Crippen LogP contribution in [0, 0.1) is 0 Å². The number of anilines is 1. The Balaban J connectivity index is 2.55. The summed E-state index contributed by atoms with van der Waals surface area (Å²) < 4.78 is 0. The number of hydrogen-bond acceptors (Lipinski definition) is 2. The van der Waals surface area contributed by atoms with E-state index in [2.05, 4.69) is 15.6 Å². The molecule has 2 heterocycles. The molecule has 0 aliphatic carbocycles. The third-order valence-electron chi connectivity index (χ3n) is 1.95. The number of aromatic nitrogens is 1. The van der Waals surface area contributed by atoms with Gasteiger partial charge in [0.1, 0.15) is 5.82 Å². The lowest BCUT2D eigenvalue weighted by atomic mass is 10.1. The highest BCUT2D eigenvalue weighted by atomic mass is 35.5. The molecule has 0 spiro atoms. The predicted molar refractivity (Wildman–Crippen MR) is 49.8 cm³/mol. The fourth-order valence-corrected chi connectivity index (χ4v) is 1.68. The first-order chi connectivity index (χ1) is 6.18. The molecule has 4 nitrogen and oxygen atoms in total. The number of pyridine rings is 1. The molecule has 13 heavy (non-hydrogen) atoms. The summed E-state index contributed by atoms with van der Waals surface area (Å²) in [5, 5.41) is 5.90. The van der Waals surface area contributed by atoms with Crippen molar-refractivity contribution in [3.8, 4) is 0 Å². The summed E-state index contributed by atoms with van der Waals surface area (Å²) in [6.07, 6.45) is 1.57. The number of urea groups is 1. The average molecular weight is 198 g/mol. The molecule has 5 heteroatoms. The maximum atomic E-state index is 11.0. The van der Waals surface area contributed by atoms with Crippen molar-refractivity contribution >= 4 is 23.4 Å². The van der Waals surface area contributed by atoms with Gasteiger partial charge < -0.3 is 5.32 Å². The maximum Gasteiger partial charge on any atom is 0.320 e. The van der Waals surface area contributed by atoms with Crippen molar-refractivity contribution in [2.75, 3.05) is 5.32 Å². The van der Waals surface area contributed by atoms with Gasteiger partial charge in [0.2, 0.25) is 0 Å². The molecule has 1 aliphatic rings. The second kappa shape index (κ2) is 2.88. The smallest absolute Gasteiger partial charge is 0.320 e. The van der Waals surface area contributed by atoms with Crippen LogP contribution in [0.2, 0.25) is 5.02 Å². The Hall–Kier alpha value is -1.29. The molecule has 0 bridgehead atoms. The predicted octanol–water partition coefficient (Wildman–Crippen LogP) is 1.93. The van der Waals surface area contributed by atoms with Gasteiger partial charge in [0, 0.05) is 11.8 Å². The molecule has 1 unspecified atom stereocenters. The number of carbonyl (C=O) groups is 1. The fraction of sp³-hybridized carbons (Fsp3) is 0.250. The summed E-state index contributed by atoms with van der Waals surface area (Å²) in [5.41, 5.74) is 0.837. The van der Waals surface area contributed by atoms with Crippen LogP contribution in [0.5, 0.6) is 0 Å². The minimum atomic E-state index is -0.241. The molecule has 1 aromatic rings. The quantitative estimate of drug-likeness (QED) is 0.668. The van der Waals surface area contributed by atoms with E-state index in [1.165, 1.54) is 0 Å². The summed E-state index contributed by atoms with van der Waals surface area (Å²) >= 11 is 5.95. The number of amides is 2. The second-order valence-corrected chi connectivity index (χ2v) is 3.28. The minimum Gasteiger partial charge on any atom is -0.331 e. The molecule has 0 radical (unpaired) electrons. The van der Waals surface area contributed by atoms with E-state index in [4.69, 9.17) is 11.6 Å². The molecule has 1 aromatic heterocycles. The van der Waals surface area contributed by atoms with Crippen LogP contribution < -0.4 is 10.6 Å². The third-order valence-corrected chi connectivity index (χ3v) is 2.28. The normalized spacial score (nSPS) is 20.2. The molecule has 0 aromatic carbocycles. The number of fused-ring (bicyclic) bond motifs is 1. The highest BCUT2D eigenvalue weighted by molar-refractivity contribution is 6.32. The lowest BCUT2D eigenvalue weighted by Crippen LogP contribution is -2.36. The van der Waals surface area contributed by atoms with E-state index in [9.17, 15) is 4.79 Å². The van der Waals surface area contributed by atoms with E-state index < -0.39 is 0 Å². The van der Waals surface area contributed by atoms with Gasteiger partial charge in [-0.25, -0.2) is 9.78 Å². The van der Waals surface area contributed by atoms with E-state index >= 15 is 0 Å². The molecule has 0 saturated carbocycles. The van der Waals surface area contributed by atoms with Gasteiger partial charge in [-0.2, -0.15) is 0 Å². The Morgan fingerprint density at radius 1 is 1.62 bits per heavy atom. The van der Waals surface area contributed by atoms with E-state index in [1.807, 2.05) is 6.92 Å². The molecular weight excluding hydrogens is 190 g/mol. The van der Waals surface area contributed by atoms with Crippen LogP contribution in [-0.4, -0.2) is 11.0 Å². The third kappa shape index (κ3) is 1.33. The van der Waals surface area contributed by atoms with Gasteiger partial charge in [-0.3, -0.25) is 5.32 Å². The van der Waals surface area contributed by atoms with Gasteiger partial charge in [-0.05, 0) is 13.0 Å². The molecule has 0 saturated heterocycles. The van der Waals surface area contributed by atoms with Crippen LogP contribution in [0.3, 0.4) is 0 Å². The zero-order valence-electron chi connectivity index (χ0n) is 6.97. The standard InChI is InChI=1S/C8H8ClN3O/c1-4-6-5(9)2-3-10-7(6)12-8(13)11-4/h2-4H,1H3,(H2,10,11,12,13). The molecule has 0 fully saturated rings. The average Bonchev–Trinajstić information content (AvgIpc) is 2.02. The van der Waals surface area contributed by atoms with E-state index in [0.29, 0.717) is 10.8 Å². The van der Waals surface area contributed by atoms with Crippen LogP contribution in [-0.2, 0) is 0 Å². The Bertz CT molecular complexity index is 366. The molecular formula is C8H8ClN3O. The van der Waals surface area contributed by atoms with Gasteiger partial charge in [-0.15, -0.1) is 0 Å². The highest BCUT2D eigenvalue weighted by Crippen LogP contribution is 2.30. The van der Waals surface area contributed by atoms with Crippen molar-refractivity contribution < 1.29 is 4.79 Å². The minimum absolute atomic E-state index is 0.0926. The first-order valence-corrected chi connectivity index (χ1v) is 4.28. The van der Waals surface area contributed by atoms with Crippen molar-refractivity contribution in [2.24, 2.45) is 0 Å². The lowest BCUT2D eigenvalue weighted by molar-refractivity contribution is 0.248. The highest BCUT2D eigenvalue weighted by Gasteiger charge is 2.23. The molecule has 2 rings (SSSR count). The summed E-state index contributed by atoms with van der Waals surface area (Å²) in [6.45, 7) is 1.87. The van der Waals surface area contributed by atoms with Gasteiger partial charge in [0.25, 0.3) is 0 Å². The number of nitrogens with one attached hydrogen (secondary N) is 2. The van der Waals surface area contributed by atoms with Crippen LogP contribution in [0.4, 0.5) is 10.6 Å². The van der Waals surface area contributed by atoms with Gasteiger partial charge in [0.15, 0.2) is 0 Å². The Kier molecular flexibility index (Phi) is 1.84. The van der Waals surface area contributed by atoms with Crippen LogP contribution >= 0.6 is 11.6 Å². The largest absolute Gasteiger partial charge is 0.331 e. The first-order valence-electron chi connectivity index (χ1n) is 3.90. The van der Waals surface area contributed by atoms with Crippen molar-refractivity contribution in [3.05, 3.63) is 22.8 Å². The maximum absolute atomic E-state index is 11.0. The molecule has 2 amide bonds. The van der Waals surface area contributed by atoms with Gasteiger partial charge in [-0.1, -0.05) is 11.6 Å². The van der Waals surface area contributed by atoms with Gasteiger partial charge in [0.05, 0.1) is 11.1 Å². The number of nitrogens with zero attached hydrogens (tertiary/aromatic N) is 1. The Labute approximate surface area is 80.3 Å². The number of hydrogen-bond donors (Lipinski definition) is 2. The second-order valence-electron chi connectivity index (χ2n) is 2.88. The summed E-state index contributed by atoms with van der Waals surface area (Å²) in [7, 11) is 0. The van der Waals surface area contributed by atoms with E-state index in [-0.39, 0.29) is 12.1 Å². The molecule has 68 valence electrons. The molecule has 2 N–H and O–H groups in total. The number of rotatable bonds is 0. The van der Waals surface area contributed by atoms with E-state index in [1.54, 1.807) is 12.3 Å². The van der Waals surface area contributed by atoms with E-state index in [0.717, 1.165) is 5.56 Å². The van der Waals surface area contributed by atoms with Crippen molar-refractivity contribution in [1.82, 2.24) is 10.3 Å². The van der Waals surface area contributed by atoms with Crippen molar-refractivity contribution in [3.63, 3.8) is 0 Å². The fourth-order valence-electron chi connectivity index (χ4n) is 1.37. The number of carbonyl (C=O) groups excluding carboxylic acids is 1. The number of halogens is 1. The Morgan fingerprint density at radius 3 is 3.15 bits per heavy atom. The van der Waals surface area contributed by atoms with Crippen molar-refractivity contribution in [1.29, 1.82) is 0 Å². The first kappa shape index (κ1) is 8.31. The zero-order valence-corrected chi connectivity index (χ0v) is 7.72. The Morgan fingerprint density at radius 2 is 2.38 bits per heavy atom. The topological polar surface area (TPSA) is 54.0 Å². The van der Waals surface area contributed by atoms with Crippen LogP contribution in [0.25, 0.3) is 0 Å². The summed E-state index contributed by atoms with van der Waals surface area (Å²) in [5.74, 6) is 0.545. The lowest BCUT2D eigenvalue weighted by Gasteiger charge is -2.23. The molecule has 1 atom stereocenters. The van der Waals surface area contributed by atoms with Crippen LogP contribution in [0.1, 0.15) is 18.5 Å². The zero-order chi connectivity index (χ0) is 9.42. The monoisotopic (exact) mass is 197 g/mol. The molecule has 1 aliphatic heterocycles. The summed E-state index contributed by atoms with van der Waals surface area (Å²) in [6, 6.07) is 1.37. The van der Waals surface area contributed by atoms with Crippen LogP contribution in [0.15, 0.2) is 12.3 Å². The van der Waals surface area contributed by atoms with Gasteiger partial charge >= 0.3 is 6.03 Å².